The van der Waals surface area contributed by atoms with E-state index < -0.39 is 0 Å². The molecular weight excluding hydrogens is 242 g/mol. The van der Waals surface area contributed by atoms with Gasteiger partial charge in [-0.25, -0.2) is 0 Å². The fourth-order valence-electron chi connectivity index (χ4n) is 2.37. The molecule has 1 saturated carbocycles. The molecule has 1 heterocycles. The van der Waals surface area contributed by atoms with Crippen molar-refractivity contribution in [3.05, 3.63) is 23.1 Å². The first kappa shape index (κ1) is 12.5. The number of carbonyl (C=O) groups is 1. The van der Waals surface area contributed by atoms with E-state index in [9.17, 15) is 4.79 Å². The first-order valence-electron chi connectivity index (χ1n) is 5.89. The average molecular weight is 258 g/mol. The van der Waals surface area contributed by atoms with Crippen LogP contribution in [0, 0.1) is 0 Å². The highest BCUT2D eigenvalue weighted by Crippen LogP contribution is 2.26. The van der Waals surface area contributed by atoms with Crippen LogP contribution in [-0.4, -0.2) is 35.1 Å². The zero-order chi connectivity index (χ0) is 12.3. The Hall–Kier alpha value is -1.00. The lowest BCUT2D eigenvalue weighted by molar-refractivity contribution is 0.0637. The number of hydrogen-bond donors (Lipinski definition) is 1. The minimum Gasteiger partial charge on any atom is -0.452 e. The first-order chi connectivity index (χ1) is 8.24. The van der Waals surface area contributed by atoms with Gasteiger partial charge in [0.2, 0.25) is 5.22 Å². The zero-order valence-electron chi connectivity index (χ0n) is 9.56. The Morgan fingerprint density at radius 3 is 2.76 bits per heavy atom. The van der Waals surface area contributed by atoms with E-state index in [-0.39, 0.29) is 23.8 Å². The Morgan fingerprint density at radius 2 is 2.24 bits per heavy atom. The van der Waals surface area contributed by atoms with E-state index in [4.69, 9.17) is 21.1 Å². The number of hydrogen-bond acceptors (Lipinski definition) is 3. The van der Waals surface area contributed by atoms with Gasteiger partial charge in [-0.1, -0.05) is 12.8 Å². The number of nitrogens with zero attached hydrogens (tertiary/aromatic N) is 1. The lowest BCUT2D eigenvalue weighted by Gasteiger charge is -2.28. The summed E-state index contributed by atoms with van der Waals surface area (Å²) in [6.07, 6.45) is 5.68. The number of aliphatic hydroxyl groups excluding tert-OH is 1. The lowest BCUT2D eigenvalue weighted by Crippen LogP contribution is -2.40. The molecule has 1 aliphatic rings. The summed E-state index contributed by atoms with van der Waals surface area (Å²) in [7, 11) is 0. The van der Waals surface area contributed by atoms with Crippen LogP contribution in [-0.2, 0) is 0 Å². The van der Waals surface area contributed by atoms with Crippen molar-refractivity contribution < 1.29 is 14.3 Å². The van der Waals surface area contributed by atoms with E-state index in [1.165, 1.54) is 6.26 Å². The number of aliphatic hydroxyl groups is 1. The quantitative estimate of drug-likeness (QED) is 0.901. The summed E-state index contributed by atoms with van der Waals surface area (Å²) in [5.41, 5.74) is 0.381. The van der Waals surface area contributed by atoms with Crippen molar-refractivity contribution >= 4 is 17.5 Å². The van der Waals surface area contributed by atoms with Gasteiger partial charge < -0.3 is 14.4 Å². The van der Waals surface area contributed by atoms with Gasteiger partial charge in [0.1, 0.15) is 0 Å². The van der Waals surface area contributed by atoms with Gasteiger partial charge in [-0.2, -0.15) is 0 Å². The Kier molecular flexibility index (Phi) is 4.07. The SMILES string of the molecule is O=C(c1ccoc1Cl)N(CCO)C1CCCC1. The Bertz CT molecular complexity index is 385. The fourth-order valence-corrected chi connectivity index (χ4v) is 2.57. The largest absolute Gasteiger partial charge is 0.452 e. The van der Waals surface area contributed by atoms with Crippen LogP contribution in [0.2, 0.25) is 5.22 Å². The van der Waals surface area contributed by atoms with E-state index in [2.05, 4.69) is 0 Å². The molecule has 1 amide bonds. The van der Waals surface area contributed by atoms with Gasteiger partial charge in [-0.05, 0) is 30.5 Å². The first-order valence-corrected chi connectivity index (χ1v) is 6.26. The number of halogens is 1. The molecule has 2 rings (SSSR count). The second-order valence-electron chi connectivity index (χ2n) is 4.27. The second-order valence-corrected chi connectivity index (χ2v) is 4.61. The van der Waals surface area contributed by atoms with Crippen LogP contribution >= 0.6 is 11.6 Å². The third kappa shape index (κ3) is 2.64. The van der Waals surface area contributed by atoms with Crippen molar-refractivity contribution in [2.45, 2.75) is 31.7 Å². The Balaban J connectivity index is 2.15. The molecule has 0 aromatic carbocycles. The standard InChI is InChI=1S/C12H16ClNO3/c13-11-10(5-8-17-11)12(16)14(6-7-15)9-3-1-2-4-9/h5,8-9,15H,1-4,6-7H2. The molecule has 17 heavy (non-hydrogen) atoms. The minimum absolute atomic E-state index is 0.0300. The minimum atomic E-state index is -0.148. The van der Waals surface area contributed by atoms with E-state index in [0.717, 1.165) is 25.7 Å². The van der Waals surface area contributed by atoms with Crippen molar-refractivity contribution in [3.63, 3.8) is 0 Å². The molecule has 5 heteroatoms. The number of amides is 1. The monoisotopic (exact) mass is 257 g/mol. The zero-order valence-corrected chi connectivity index (χ0v) is 10.3. The summed E-state index contributed by atoms with van der Waals surface area (Å²) in [5, 5.41) is 9.18. The lowest BCUT2D eigenvalue weighted by atomic mass is 10.2. The van der Waals surface area contributed by atoms with Crippen LogP contribution in [0.15, 0.2) is 16.7 Å². The van der Waals surface area contributed by atoms with Gasteiger partial charge in [0.25, 0.3) is 5.91 Å². The third-order valence-electron chi connectivity index (χ3n) is 3.22. The van der Waals surface area contributed by atoms with Crippen molar-refractivity contribution in [2.24, 2.45) is 0 Å². The van der Waals surface area contributed by atoms with E-state index in [0.29, 0.717) is 12.1 Å². The summed E-state index contributed by atoms with van der Waals surface area (Å²) in [6, 6.07) is 1.80. The second kappa shape index (κ2) is 5.56. The molecule has 94 valence electrons. The summed E-state index contributed by atoms with van der Waals surface area (Å²) in [6.45, 7) is 0.322. The number of rotatable bonds is 4. The van der Waals surface area contributed by atoms with Crippen LogP contribution in [0.5, 0.6) is 0 Å². The van der Waals surface area contributed by atoms with Gasteiger partial charge in [-0.3, -0.25) is 4.79 Å². The molecule has 4 nitrogen and oxygen atoms in total. The van der Waals surface area contributed by atoms with Crippen LogP contribution in [0.1, 0.15) is 36.0 Å². The molecule has 1 aromatic rings. The number of furan rings is 1. The van der Waals surface area contributed by atoms with Gasteiger partial charge in [0, 0.05) is 12.6 Å². The van der Waals surface area contributed by atoms with Gasteiger partial charge in [-0.15, -0.1) is 0 Å². The normalized spacial score (nSPS) is 16.4. The molecule has 0 unspecified atom stereocenters. The smallest absolute Gasteiger partial charge is 0.259 e. The fraction of sp³-hybridized carbons (Fsp3) is 0.583. The summed E-state index contributed by atoms with van der Waals surface area (Å²) < 4.78 is 4.93. The molecule has 1 aliphatic carbocycles. The maximum atomic E-state index is 12.3. The Morgan fingerprint density at radius 1 is 1.53 bits per heavy atom. The van der Waals surface area contributed by atoms with E-state index in [1.54, 1.807) is 11.0 Å². The van der Waals surface area contributed by atoms with Gasteiger partial charge in [0.15, 0.2) is 0 Å². The van der Waals surface area contributed by atoms with Crippen molar-refractivity contribution in [1.29, 1.82) is 0 Å². The molecule has 0 aliphatic heterocycles. The van der Waals surface area contributed by atoms with E-state index in [1.807, 2.05) is 0 Å². The Labute approximate surface area is 105 Å². The molecule has 0 spiro atoms. The van der Waals surface area contributed by atoms with Gasteiger partial charge in [0.05, 0.1) is 18.4 Å². The topological polar surface area (TPSA) is 53.7 Å². The summed E-state index contributed by atoms with van der Waals surface area (Å²) in [5.74, 6) is -0.148. The van der Waals surface area contributed by atoms with Crippen LogP contribution in [0.4, 0.5) is 0 Å². The highest BCUT2D eigenvalue weighted by atomic mass is 35.5. The van der Waals surface area contributed by atoms with Crippen LogP contribution < -0.4 is 0 Å². The maximum absolute atomic E-state index is 12.3. The molecule has 1 aromatic heterocycles. The average Bonchev–Trinajstić information content (AvgIpc) is 2.95. The maximum Gasteiger partial charge on any atom is 0.259 e. The number of carbonyl (C=O) groups excluding carboxylic acids is 1. The predicted octanol–water partition coefficient (Wildman–Crippen LogP) is 2.31. The molecular formula is C12H16ClNO3. The predicted molar refractivity (Wildman–Crippen MR) is 64.1 cm³/mol. The van der Waals surface area contributed by atoms with Crippen LogP contribution in [0.25, 0.3) is 0 Å². The third-order valence-corrected chi connectivity index (χ3v) is 3.51. The van der Waals surface area contributed by atoms with Crippen molar-refractivity contribution in [3.8, 4) is 0 Å². The molecule has 1 fully saturated rings. The van der Waals surface area contributed by atoms with Gasteiger partial charge >= 0.3 is 0 Å². The highest BCUT2D eigenvalue weighted by molar-refractivity contribution is 6.32. The molecule has 0 atom stereocenters. The van der Waals surface area contributed by atoms with Crippen molar-refractivity contribution in [1.82, 2.24) is 4.90 Å². The molecule has 0 saturated heterocycles. The van der Waals surface area contributed by atoms with E-state index >= 15 is 0 Å². The molecule has 0 radical (unpaired) electrons. The summed E-state index contributed by atoms with van der Waals surface area (Å²) >= 11 is 5.81. The van der Waals surface area contributed by atoms with Crippen LogP contribution in [0.3, 0.4) is 0 Å². The summed E-state index contributed by atoms with van der Waals surface area (Å²) in [4.78, 5) is 14.0. The highest BCUT2D eigenvalue weighted by Gasteiger charge is 2.28. The molecule has 1 N–H and O–H groups in total. The molecule has 0 bridgehead atoms. The van der Waals surface area contributed by atoms with Crippen molar-refractivity contribution in [2.75, 3.05) is 13.2 Å².